The van der Waals surface area contributed by atoms with Crippen LogP contribution >= 0.6 is 0 Å². The van der Waals surface area contributed by atoms with Gasteiger partial charge in [0.1, 0.15) is 0 Å². The molecule has 0 aromatic carbocycles. The fourth-order valence-corrected chi connectivity index (χ4v) is 0.958. The van der Waals surface area contributed by atoms with Crippen molar-refractivity contribution < 1.29 is 0 Å². The monoisotopic (exact) mass is 150 g/mol. The van der Waals surface area contributed by atoms with Gasteiger partial charge in [0.25, 0.3) is 0 Å². The van der Waals surface area contributed by atoms with Crippen molar-refractivity contribution in [1.29, 1.82) is 0 Å². The second-order valence-corrected chi connectivity index (χ2v) is 2.73. The molecular weight excluding hydrogens is 132 g/mol. The van der Waals surface area contributed by atoms with Crippen LogP contribution in [0.1, 0.15) is 45.4 Å². The Balaban J connectivity index is 2.96. The molecule has 0 heteroatoms. The van der Waals surface area contributed by atoms with E-state index in [0.717, 1.165) is 6.42 Å². The Morgan fingerprint density at radius 2 is 2.00 bits per heavy atom. The molecule has 0 rings (SSSR count). The van der Waals surface area contributed by atoms with Crippen molar-refractivity contribution in [2.45, 2.75) is 45.4 Å². The second-order valence-electron chi connectivity index (χ2n) is 2.73. The van der Waals surface area contributed by atoms with Crippen molar-refractivity contribution in [2.75, 3.05) is 0 Å². The summed E-state index contributed by atoms with van der Waals surface area (Å²) in [6.07, 6.45) is 16.7. The molecular formula is C11H18. The van der Waals surface area contributed by atoms with E-state index < -0.39 is 0 Å². The fraction of sp³-hybridized carbons (Fsp3) is 0.636. The standard InChI is InChI=1S/C11H18/c1-3-5-7-9-11-10-8-6-4-2/h1,7,9H,4-6,8,10-11H2,2H3/b9-7-. The van der Waals surface area contributed by atoms with Crippen LogP contribution in [-0.4, -0.2) is 0 Å². The molecule has 0 heterocycles. The van der Waals surface area contributed by atoms with Crippen molar-refractivity contribution in [3.05, 3.63) is 12.2 Å². The summed E-state index contributed by atoms with van der Waals surface area (Å²) in [5.74, 6) is 2.58. The molecule has 0 nitrogen and oxygen atoms in total. The molecule has 62 valence electrons. The van der Waals surface area contributed by atoms with Gasteiger partial charge < -0.3 is 0 Å². The van der Waals surface area contributed by atoms with E-state index in [0.29, 0.717) is 0 Å². The van der Waals surface area contributed by atoms with Gasteiger partial charge in [0.2, 0.25) is 0 Å². The van der Waals surface area contributed by atoms with Crippen molar-refractivity contribution in [1.82, 2.24) is 0 Å². The highest BCUT2D eigenvalue weighted by molar-refractivity contribution is 4.96. The molecule has 0 saturated carbocycles. The first-order valence-corrected chi connectivity index (χ1v) is 4.50. The lowest BCUT2D eigenvalue weighted by Gasteiger charge is -1.92. The maximum atomic E-state index is 5.09. The van der Waals surface area contributed by atoms with Crippen LogP contribution in [0.3, 0.4) is 0 Å². The smallest absolute Gasteiger partial charge is 0.0267 e. The number of hydrogen-bond donors (Lipinski definition) is 0. The van der Waals surface area contributed by atoms with Gasteiger partial charge in [-0.2, -0.15) is 0 Å². The summed E-state index contributed by atoms with van der Waals surface area (Å²) in [6, 6.07) is 0. The minimum atomic E-state index is 0.785. The molecule has 0 bridgehead atoms. The largest absolute Gasteiger partial charge is 0.120 e. The van der Waals surface area contributed by atoms with Gasteiger partial charge in [-0.25, -0.2) is 0 Å². The average molecular weight is 150 g/mol. The molecule has 0 aliphatic carbocycles. The predicted molar refractivity (Wildman–Crippen MR) is 51.3 cm³/mol. The third kappa shape index (κ3) is 9.30. The van der Waals surface area contributed by atoms with E-state index in [-0.39, 0.29) is 0 Å². The van der Waals surface area contributed by atoms with Gasteiger partial charge in [0.15, 0.2) is 0 Å². The molecule has 0 unspecified atom stereocenters. The molecule has 11 heavy (non-hydrogen) atoms. The van der Waals surface area contributed by atoms with E-state index >= 15 is 0 Å². The van der Waals surface area contributed by atoms with E-state index in [1.165, 1.54) is 32.1 Å². The molecule has 0 amide bonds. The first kappa shape index (κ1) is 10.3. The maximum Gasteiger partial charge on any atom is 0.0267 e. The lowest BCUT2D eigenvalue weighted by molar-refractivity contribution is 0.674. The zero-order chi connectivity index (χ0) is 8.36. The van der Waals surface area contributed by atoms with Gasteiger partial charge in [-0.05, 0) is 12.8 Å². The van der Waals surface area contributed by atoms with Gasteiger partial charge in [0.05, 0.1) is 0 Å². The Morgan fingerprint density at radius 1 is 1.18 bits per heavy atom. The highest BCUT2D eigenvalue weighted by Gasteiger charge is 1.83. The Labute approximate surface area is 70.7 Å². The summed E-state index contributed by atoms with van der Waals surface area (Å²) >= 11 is 0. The summed E-state index contributed by atoms with van der Waals surface area (Å²) < 4.78 is 0. The van der Waals surface area contributed by atoms with Gasteiger partial charge in [-0.15, -0.1) is 12.3 Å². The van der Waals surface area contributed by atoms with Crippen LogP contribution in [0.4, 0.5) is 0 Å². The topological polar surface area (TPSA) is 0 Å². The van der Waals surface area contributed by atoms with Crippen LogP contribution in [0.2, 0.25) is 0 Å². The molecule has 0 aromatic heterocycles. The Kier molecular flexibility index (Phi) is 8.71. The molecule has 0 radical (unpaired) electrons. The van der Waals surface area contributed by atoms with Crippen molar-refractivity contribution in [2.24, 2.45) is 0 Å². The SMILES string of the molecule is C#CC/C=C\CCCCCC. The number of rotatable bonds is 6. The molecule has 0 spiro atoms. The minimum Gasteiger partial charge on any atom is -0.120 e. The maximum absolute atomic E-state index is 5.09. The van der Waals surface area contributed by atoms with Crippen LogP contribution in [-0.2, 0) is 0 Å². The van der Waals surface area contributed by atoms with Crippen LogP contribution in [0, 0.1) is 12.3 Å². The number of allylic oxidation sites excluding steroid dienone is 2. The van der Waals surface area contributed by atoms with Gasteiger partial charge in [0, 0.05) is 6.42 Å². The van der Waals surface area contributed by atoms with Gasteiger partial charge in [-0.3, -0.25) is 0 Å². The van der Waals surface area contributed by atoms with Crippen molar-refractivity contribution in [3.8, 4) is 12.3 Å². The summed E-state index contributed by atoms with van der Waals surface area (Å²) in [4.78, 5) is 0. The van der Waals surface area contributed by atoms with E-state index in [1.807, 2.05) is 0 Å². The molecule has 0 aliphatic heterocycles. The molecule has 0 aromatic rings. The summed E-state index contributed by atoms with van der Waals surface area (Å²) in [6.45, 7) is 2.23. The van der Waals surface area contributed by atoms with Crippen LogP contribution < -0.4 is 0 Å². The van der Waals surface area contributed by atoms with E-state index in [2.05, 4.69) is 25.0 Å². The summed E-state index contributed by atoms with van der Waals surface area (Å²) in [5, 5.41) is 0. The molecule has 0 saturated heterocycles. The van der Waals surface area contributed by atoms with E-state index in [4.69, 9.17) is 6.42 Å². The first-order chi connectivity index (χ1) is 5.41. The average Bonchev–Trinajstić information content (AvgIpc) is 2.03. The number of unbranched alkanes of at least 4 members (excludes halogenated alkanes) is 4. The highest BCUT2D eigenvalue weighted by Crippen LogP contribution is 2.02. The Morgan fingerprint density at radius 3 is 2.64 bits per heavy atom. The van der Waals surface area contributed by atoms with E-state index in [1.54, 1.807) is 0 Å². The molecule has 0 fully saturated rings. The van der Waals surface area contributed by atoms with Gasteiger partial charge in [-0.1, -0.05) is 38.3 Å². The third-order valence-electron chi connectivity index (χ3n) is 1.63. The predicted octanol–water partition coefficient (Wildman–Crippen LogP) is 3.54. The Bertz CT molecular complexity index is 125. The van der Waals surface area contributed by atoms with E-state index in [9.17, 15) is 0 Å². The fourth-order valence-electron chi connectivity index (χ4n) is 0.958. The zero-order valence-corrected chi connectivity index (χ0v) is 7.47. The lowest BCUT2D eigenvalue weighted by Crippen LogP contribution is -1.73. The van der Waals surface area contributed by atoms with Crippen LogP contribution in [0.25, 0.3) is 0 Å². The Hall–Kier alpha value is -0.700. The quantitative estimate of drug-likeness (QED) is 0.308. The molecule has 0 N–H and O–H groups in total. The minimum absolute atomic E-state index is 0.785. The lowest BCUT2D eigenvalue weighted by atomic mass is 10.1. The van der Waals surface area contributed by atoms with Crippen LogP contribution in [0.5, 0.6) is 0 Å². The first-order valence-electron chi connectivity index (χ1n) is 4.50. The number of terminal acetylenes is 1. The van der Waals surface area contributed by atoms with Crippen molar-refractivity contribution in [3.63, 3.8) is 0 Å². The highest BCUT2D eigenvalue weighted by atomic mass is 13.9. The summed E-state index contributed by atoms with van der Waals surface area (Å²) in [7, 11) is 0. The normalized spacial score (nSPS) is 10.2. The summed E-state index contributed by atoms with van der Waals surface area (Å²) in [5.41, 5.74) is 0. The zero-order valence-electron chi connectivity index (χ0n) is 7.47. The van der Waals surface area contributed by atoms with Crippen molar-refractivity contribution >= 4 is 0 Å². The molecule has 0 atom stereocenters. The van der Waals surface area contributed by atoms with Crippen LogP contribution in [0.15, 0.2) is 12.2 Å². The van der Waals surface area contributed by atoms with Gasteiger partial charge >= 0.3 is 0 Å². The number of hydrogen-bond acceptors (Lipinski definition) is 0. The second kappa shape index (κ2) is 9.30. The third-order valence-corrected chi connectivity index (χ3v) is 1.63. The molecule has 0 aliphatic rings.